The average Bonchev–Trinajstić information content (AvgIpc) is 2.70. The van der Waals surface area contributed by atoms with Gasteiger partial charge in [-0.1, -0.05) is 6.07 Å². The van der Waals surface area contributed by atoms with Gasteiger partial charge in [0.15, 0.2) is 11.5 Å². The molecule has 1 aromatic carbocycles. The monoisotopic (exact) mass is 259 g/mol. The smallest absolute Gasteiger partial charge is 0.161 e. The van der Waals surface area contributed by atoms with Gasteiger partial charge in [-0.05, 0) is 17.7 Å². The molecule has 0 saturated heterocycles. The summed E-state index contributed by atoms with van der Waals surface area (Å²) in [4.78, 5) is 0. The van der Waals surface area contributed by atoms with Crippen LogP contribution in [0, 0.1) is 0 Å². The number of nitrogens with one attached hydrogen (secondary N) is 1. The Labute approximate surface area is 112 Å². The third-order valence-electron chi connectivity index (χ3n) is 3.00. The number of aromatic nitrogens is 2. The zero-order valence-corrected chi connectivity index (χ0v) is 10.9. The van der Waals surface area contributed by atoms with Crippen LogP contribution < -0.4 is 14.8 Å². The maximum Gasteiger partial charge on any atom is 0.161 e. The van der Waals surface area contributed by atoms with Crippen LogP contribution in [-0.2, 0) is 13.6 Å². The first kappa shape index (κ1) is 11.9. The van der Waals surface area contributed by atoms with Gasteiger partial charge in [0.25, 0.3) is 0 Å². The number of aryl methyl sites for hydroxylation is 1. The van der Waals surface area contributed by atoms with Crippen molar-refractivity contribution in [3.8, 4) is 11.5 Å². The first-order valence-corrected chi connectivity index (χ1v) is 6.43. The zero-order valence-electron chi connectivity index (χ0n) is 10.9. The van der Waals surface area contributed by atoms with Crippen LogP contribution in [0.15, 0.2) is 30.5 Å². The lowest BCUT2D eigenvalue weighted by molar-refractivity contribution is 0.297. The molecule has 0 aliphatic carbocycles. The number of anilines is 1. The van der Waals surface area contributed by atoms with E-state index < -0.39 is 0 Å². The summed E-state index contributed by atoms with van der Waals surface area (Å²) in [5.74, 6) is 2.53. The van der Waals surface area contributed by atoms with Crippen LogP contribution >= 0.6 is 0 Å². The van der Waals surface area contributed by atoms with E-state index in [9.17, 15) is 0 Å². The molecule has 1 aromatic heterocycles. The summed E-state index contributed by atoms with van der Waals surface area (Å²) in [5, 5.41) is 7.55. The molecule has 5 nitrogen and oxygen atoms in total. The highest BCUT2D eigenvalue weighted by molar-refractivity contribution is 5.44. The minimum absolute atomic E-state index is 0.712. The minimum atomic E-state index is 0.712. The molecule has 0 fully saturated rings. The first-order chi connectivity index (χ1) is 9.31. The molecule has 0 bridgehead atoms. The Kier molecular flexibility index (Phi) is 3.27. The molecule has 1 aliphatic heterocycles. The summed E-state index contributed by atoms with van der Waals surface area (Å²) < 4.78 is 13.1. The van der Waals surface area contributed by atoms with Crippen molar-refractivity contribution >= 4 is 5.82 Å². The molecule has 0 spiro atoms. The van der Waals surface area contributed by atoms with Crippen LogP contribution in [0.25, 0.3) is 0 Å². The van der Waals surface area contributed by atoms with Crippen molar-refractivity contribution in [3.63, 3.8) is 0 Å². The van der Waals surface area contributed by atoms with Crippen molar-refractivity contribution < 1.29 is 9.47 Å². The Morgan fingerprint density at radius 3 is 2.84 bits per heavy atom. The fourth-order valence-corrected chi connectivity index (χ4v) is 2.02. The lowest BCUT2D eigenvalue weighted by atomic mass is 10.2. The maximum atomic E-state index is 5.67. The molecular formula is C14H17N3O2. The largest absolute Gasteiger partial charge is 0.490 e. The lowest BCUT2D eigenvalue weighted by Gasteiger charge is -2.09. The van der Waals surface area contributed by atoms with E-state index in [4.69, 9.17) is 9.47 Å². The molecule has 2 aromatic rings. The molecular weight excluding hydrogens is 242 g/mol. The van der Waals surface area contributed by atoms with Crippen molar-refractivity contribution in [2.24, 2.45) is 7.05 Å². The molecule has 0 amide bonds. The Balaban J connectivity index is 1.69. The van der Waals surface area contributed by atoms with Crippen molar-refractivity contribution in [1.82, 2.24) is 9.78 Å². The standard InChI is InChI=1S/C14H17N3O2/c1-17-6-5-14(16-17)15-10-11-3-4-12-13(9-11)19-8-2-7-18-12/h3-6,9H,2,7-8,10H2,1H3,(H,15,16). The van der Waals surface area contributed by atoms with Crippen LogP contribution in [0.1, 0.15) is 12.0 Å². The SMILES string of the molecule is Cn1ccc(NCc2ccc3c(c2)OCCCO3)n1. The molecule has 100 valence electrons. The summed E-state index contributed by atoms with van der Waals surface area (Å²) in [6.07, 6.45) is 2.84. The van der Waals surface area contributed by atoms with Crippen molar-refractivity contribution in [2.75, 3.05) is 18.5 Å². The molecule has 0 radical (unpaired) electrons. The second kappa shape index (κ2) is 5.22. The Hall–Kier alpha value is -2.17. The van der Waals surface area contributed by atoms with Gasteiger partial charge in [0, 0.05) is 32.3 Å². The highest BCUT2D eigenvalue weighted by atomic mass is 16.5. The Bertz CT molecular complexity index is 566. The van der Waals surface area contributed by atoms with Crippen LogP contribution in [0.4, 0.5) is 5.82 Å². The molecule has 5 heteroatoms. The van der Waals surface area contributed by atoms with Gasteiger partial charge in [-0.2, -0.15) is 5.10 Å². The van der Waals surface area contributed by atoms with Gasteiger partial charge in [-0.15, -0.1) is 0 Å². The van der Waals surface area contributed by atoms with Crippen molar-refractivity contribution in [1.29, 1.82) is 0 Å². The van der Waals surface area contributed by atoms with Gasteiger partial charge < -0.3 is 14.8 Å². The van der Waals surface area contributed by atoms with Gasteiger partial charge in [0.2, 0.25) is 0 Å². The summed E-state index contributed by atoms with van der Waals surface area (Å²) >= 11 is 0. The van der Waals surface area contributed by atoms with Gasteiger partial charge in [0.1, 0.15) is 5.82 Å². The topological polar surface area (TPSA) is 48.3 Å². The molecule has 3 rings (SSSR count). The summed E-state index contributed by atoms with van der Waals surface area (Å²) in [7, 11) is 1.90. The third kappa shape index (κ3) is 2.81. The number of rotatable bonds is 3. The van der Waals surface area contributed by atoms with E-state index in [-0.39, 0.29) is 0 Å². The second-order valence-electron chi connectivity index (χ2n) is 4.56. The molecule has 1 N–H and O–H groups in total. The van der Waals surface area contributed by atoms with Gasteiger partial charge in [-0.25, -0.2) is 0 Å². The van der Waals surface area contributed by atoms with E-state index in [0.29, 0.717) is 13.2 Å². The quantitative estimate of drug-likeness (QED) is 0.918. The second-order valence-corrected chi connectivity index (χ2v) is 4.56. The minimum Gasteiger partial charge on any atom is -0.490 e. The van der Waals surface area contributed by atoms with Crippen LogP contribution in [0.2, 0.25) is 0 Å². The molecule has 2 heterocycles. The fourth-order valence-electron chi connectivity index (χ4n) is 2.02. The van der Waals surface area contributed by atoms with Crippen LogP contribution in [0.3, 0.4) is 0 Å². The van der Waals surface area contributed by atoms with Crippen LogP contribution in [0.5, 0.6) is 11.5 Å². The Morgan fingerprint density at radius 2 is 2.05 bits per heavy atom. The molecule has 19 heavy (non-hydrogen) atoms. The third-order valence-corrected chi connectivity index (χ3v) is 3.00. The number of fused-ring (bicyclic) bond motifs is 1. The van der Waals surface area contributed by atoms with E-state index in [1.54, 1.807) is 4.68 Å². The van der Waals surface area contributed by atoms with E-state index in [1.165, 1.54) is 0 Å². The molecule has 0 atom stereocenters. The van der Waals surface area contributed by atoms with Gasteiger partial charge in [-0.3, -0.25) is 4.68 Å². The highest BCUT2D eigenvalue weighted by Gasteiger charge is 2.10. The van der Waals surface area contributed by atoms with Gasteiger partial charge >= 0.3 is 0 Å². The summed E-state index contributed by atoms with van der Waals surface area (Å²) in [6, 6.07) is 7.99. The number of ether oxygens (including phenoxy) is 2. The molecule has 0 saturated carbocycles. The normalized spacial score (nSPS) is 13.9. The van der Waals surface area contributed by atoms with Crippen molar-refractivity contribution in [3.05, 3.63) is 36.0 Å². The maximum absolute atomic E-state index is 5.67. The molecule has 0 unspecified atom stereocenters. The van der Waals surface area contributed by atoms with Crippen molar-refractivity contribution in [2.45, 2.75) is 13.0 Å². The fraction of sp³-hybridized carbons (Fsp3) is 0.357. The van der Waals surface area contributed by atoms with E-state index >= 15 is 0 Å². The number of hydrogen-bond acceptors (Lipinski definition) is 4. The van der Waals surface area contributed by atoms with E-state index in [1.807, 2.05) is 37.5 Å². The Morgan fingerprint density at radius 1 is 1.21 bits per heavy atom. The zero-order chi connectivity index (χ0) is 13.1. The number of nitrogens with zero attached hydrogens (tertiary/aromatic N) is 2. The highest BCUT2D eigenvalue weighted by Crippen LogP contribution is 2.30. The van der Waals surface area contributed by atoms with Crippen LogP contribution in [-0.4, -0.2) is 23.0 Å². The summed E-state index contributed by atoms with van der Waals surface area (Å²) in [6.45, 7) is 2.15. The average molecular weight is 259 g/mol. The summed E-state index contributed by atoms with van der Waals surface area (Å²) in [5.41, 5.74) is 1.15. The van der Waals surface area contributed by atoms with Gasteiger partial charge in [0.05, 0.1) is 13.2 Å². The lowest BCUT2D eigenvalue weighted by Crippen LogP contribution is -2.01. The van der Waals surface area contributed by atoms with E-state index in [0.717, 1.165) is 35.9 Å². The number of hydrogen-bond donors (Lipinski definition) is 1. The predicted octanol–water partition coefficient (Wildman–Crippen LogP) is 2.19. The first-order valence-electron chi connectivity index (χ1n) is 6.43. The molecule has 1 aliphatic rings. The van der Waals surface area contributed by atoms with E-state index in [2.05, 4.69) is 10.4 Å². The number of benzene rings is 1. The predicted molar refractivity (Wildman–Crippen MR) is 72.6 cm³/mol.